The van der Waals surface area contributed by atoms with E-state index >= 15 is 0 Å². The molecule has 0 fully saturated rings. The second-order valence-electron chi connectivity index (χ2n) is 4.59. The molecule has 7 heteroatoms. The Bertz CT molecular complexity index is 742. The second kappa shape index (κ2) is 5.87. The first-order chi connectivity index (χ1) is 10.1. The van der Waals surface area contributed by atoms with E-state index in [1.165, 1.54) is 15.6 Å². The van der Waals surface area contributed by atoms with Gasteiger partial charge >= 0.3 is 0 Å². The van der Waals surface area contributed by atoms with Gasteiger partial charge in [-0.1, -0.05) is 12.1 Å². The number of benzene rings is 1. The highest BCUT2D eigenvalue weighted by atomic mass is 35.5. The fourth-order valence-corrected chi connectivity index (χ4v) is 5.51. The van der Waals surface area contributed by atoms with E-state index in [4.69, 9.17) is 16.3 Å². The third-order valence-electron chi connectivity index (χ3n) is 3.29. The van der Waals surface area contributed by atoms with Crippen molar-refractivity contribution in [3.63, 3.8) is 0 Å². The molecule has 2 aromatic rings. The quantitative estimate of drug-likeness (QED) is 0.802. The summed E-state index contributed by atoms with van der Waals surface area (Å²) in [5.41, 5.74) is 0.585. The molecule has 0 bridgehead atoms. The summed E-state index contributed by atoms with van der Waals surface area (Å²) in [4.78, 5) is 0.957. The van der Waals surface area contributed by atoms with Crippen molar-refractivity contribution in [2.24, 2.45) is 0 Å². The first-order valence-corrected chi connectivity index (χ1v) is 9.37. The molecule has 0 N–H and O–H groups in total. The van der Waals surface area contributed by atoms with Crippen LogP contribution in [0.25, 0.3) is 0 Å². The number of hydrogen-bond acceptors (Lipinski definition) is 4. The predicted molar refractivity (Wildman–Crippen MR) is 85.0 cm³/mol. The highest BCUT2D eigenvalue weighted by molar-refractivity contribution is 7.93. The van der Waals surface area contributed by atoms with Crippen LogP contribution < -0.4 is 9.04 Å². The molecule has 112 valence electrons. The van der Waals surface area contributed by atoms with Crippen LogP contribution in [0.4, 0.5) is 5.69 Å². The maximum atomic E-state index is 13.0. The third kappa shape index (κ3) is 2.63. The van der Waals surface area contributed by atoms with E-state index in [2.05, 4.69) is 0 Å². The van der Waals surface area contributed by atoms with Gasteiger partial charge in [0.05, 0.1) is 18.2 Å². The predicted octanol–water partition coefficient (Wildman–Crippen LogP) is 3.46. The lowest BCUT2D eigenvalue weighted by Crippen LogP contribution is -2.31. The standard InChI is InChI=1S/C14H14ClNO3S2/c15-10-13-14(6-9-20-13)21(17,18)16-7-3-8-19-12-5-2-1-4-11(12)16/h1-2,4-6,9H,3,7-8,10H2. The molecule has 0 aliphatic carbocycles. The van der Waals surface area contributed by atoms with Crippen molar-refractivity contribution >= 4 is 38.6 Å². The summed E-state index contributed by atoms with van der Waals surface area (Å²) in [5, 5.41) is 1.75. The Kier molecular flexibility index (Phi) is 4.10. The van der Waals surface area contributed by atoms with Crippen molar-refractivity contribution in [3.05, 3.63) is 40.6 Å². The Labute approximate surface area is 133 Å². The molecule has 1 aromatic heterocycles. The van der Waals surface area contributed by atoms with Crippen molar-refractivity contribution in [2.75, 3.05) is 17.5 Å². The maximum Gasteiger partial charge on any atom is 0.265 e. The number of para-hydroxylation sites is 2. The molecule has 21 heavy (non-hydrogen) atoms. The summed E-state index contributed by atoms with van der Waals surface area (Å²) in [6.45, 7) is 0.909. The van der Waals surface area contributed by atoms with Crippen molar-refractivity contribution in [2.45, 2.75) is 17.2 Å². The highest BCUT2D eigenvalue weighted by Crippen LogP contribution is 2.36. The smallest absolute Gasteiger partial charge is 0.265 e. The maximum absolute atomic E-state index is 13.0. The van der Waals surface area contributed by atoms with Gasteiger partial charge in [0.2, 0.25) is 0 Å². The van der Waals surface area contributed by atoms with Gasteiger partial charge in [-0.2, -0.15) is 0 Å². The normalized spacial score (nSPS) is 15.2. The van der Waals surface area contributed by atoms with Crippen LogP contribution in [0.3, 0.4) is 0 Å². The van der Waals surface area contributed by atoms with Crippen molar-refractivity contribution in [3.8, 4) is 5.75 Å². The van der Waals surface area contributed by atoms with E-state index in [0.717, 1.165) is 0 Å². The molecule has 0 saturated carbocycles. The third-order valence-corrected chi connectivity index (χ3v) is 6.66. The first-order valence-electron chi connectivity index (χ1n) is 6.51. The van der Waals surface area contributed by atoms with Crippen molar-refractivity contribution in [1.82, 2.24) is 0 Å². The van der Waals surface area contributed by atoms with Gasteiger partial charge in [0.25, 0.3) is 10.0 Å². The number of sulfonamides is 1. The summed E-state index contributed by atoms with van der Waals surface area (Å²) in [6, 6.07) is 8.83. The molecule has 1 aliphatic rings. The lowest BCUT2D eigenvalue weighted by molar-refractivity contribution is 0.322. The van der Waals surface area contributed by atoms with Crippen LogP contribution in [-0.4, -0.2) is 21.6 Å². The first kappa shape index (κ1) is 14.7. The molecule has 4 nitrogen and oxygen atoms in total. The summed E-state index contributed by atoms with van der Waals surface area (Å²) in [5.74, 6) is 0.791. The Morgan fingerprint density at radius 1 is 1.29 bits per heavy atom. The molecule has 0 saturated heterocycles. The van der Waals surface area contributed by atoms with Crippen LogP contribution >= 0.6 is 22.9 Å². The zero-order valence-corrected chi connectivity index (χ0v) is 13.5. The number of rotatable bonds is 3. The summed E-state index contributed by atoms with van der Waals surface area (Å²) in [7, 11) is -3.62. The summed E-state index contributed by atoms with van der Waals surface area (Å²) in [6.07, 6.45) is 0.647. The van der Waals surface area contributed by atoms with Gasteiger partial charge in [-0.3, -0.25) is 4.31 Å². The van der Waals surface area contributed by atoms with Crippen LogP contribution in [-0.2, 0) is 15.9 Å². The number of alkyl halides is 1. The van der Waals surface area contributed by atoms with Crippen LogP contribution in [0.15, 0.2) is 40.6 Å². The van der Waals surface area contributed by atoms with E-state index in [0.29, 0.717) is 40.8 Å². The van der Waals surface area contributed by atoms with E-state index in [9.17, 15) is 8.42 Å². The molecular formula is C14H14ClNO3S2. The van der Waals surface area contributed by atoms with E-state index in [1.54, 1.807) is 23.6 Å². The monoisotopic (exact) mass is 343 g/mol. The number of ether oxygens (including phenoxy) is 1. The van der Waals surface area contributed by atoms with Crippen molar-refractivity contribution < 1.29 is 13.2 Å². The Balaban J connectivity index is 2.11. The largest absolute Gasteiger partial charge is 0.491 e. The minimum atomic E-state index is -3.62. The van der Waals surface area contributed by atoms with Crippen LogP contribution in [0, 0.1) is 0 Å². The molecule has 3 rings (SSSR count). The Hall–Kier alpha value is -1.24. The SMILES string of the molecule is O=S(=O)(c1ccsc1CCl)N1CCCOc2ccccc21. The van der Waals surface area contributed by atoms with Gasteiger partial charge in [0, 0.05) is 17.8 Å². The molecule has 1 aromatic carbocycles. The topological polar surface area (TPSA) is 46.6 Å². The second-order valence-corrected chi connectivity index (χ2v) is 7.69. The lowest BCUT2D eigenvalue weighted by atomic mass is 10.3. The average Bonchev–Trinajstić information content (AvgIpc) is 2.87. The van der Waals surface area contributed by atoms with Gasteiger partial charge < -0.3 is 4.74 Å². The number of halogens is 1. The molecular weight excluding hydrogens is 330 g/mol. The number of thiophene rings is 1. The van der Waals surface area contributed by atoms with Gasteiger partial charge in [-0.25, -0.2) is 8.42 Å². The van der Waals surface area contributed by atoms with E-state index in [-0.39, 0.29) is 5.88 Å². The number of fused-ring (bicyclic) bond motifs is 1. The van der Waals surface area contributed by atoms with Crippen LogP contribution in [0.1, 0.15) is 11.3 Å². The zero-order valence-electron chi connectivity index (χ0n) is 11.2. The lowest BCUT2D eigenvalue weighted by Gasteiger charge is -2.23. The molecule has 0 atom stereocenters. The fourth-order valence-electron chi connectivity index (χ4n) is 2.32. The fraction of sp³-hybridized carbons (Fsp3) is 0.286. The summed E-state index contributed by atoms with van der Waals surface area (Å²) < 4.78 is 33.0. The van der Waals surface area contributed by atoms with Crippen LogP contribution in [0.5, 0.6) is 5.75 Å². The number of hydrogen-bond donors (Lipinski definition) is 0. The van der Waals surface area contributed by atoms with Gasteiger partial charge in [0.1, 0.15) is 10.6 Å². The minimum absolute atomic E-state index is 0.193. The van der Waals surface area contributed by atoms with Crippen LogP contribution in [0.2, 0.25) is 0 Å². The average molecular weight is 344 g/mol. The molecule has 0 unspecified atom stereocenters. The number of anilines is 1. The van der Waals surface area contributed by atoms with Gasteiger partial charge in [-0.05, 0) is 23.6 Å². The zero-order chi connectivity index (χ0) is 14.9. The van der Waals surface area contributed by atoms with Gasteiger partial charge in [-0.15, -0.1) is 22.9 Å². The molecule has 0 radical (unpaired) electrons. The molecule has 0 amide bonds. The highest BCUT2D eigenvalue weighted by Gasteiger charge is 2.30. The minimum Gasteiger partial charge on any atom is -0.491 e. The summed E-state index contributed by atoms with van der Waals surface area (Å²) >= 11 is 7.21. The van der Waals surface area contributed by atoms with Crippen molar-refractivity contribution in [1.29, 1.82) is 0 Å². The van der Waals surface area contributed by atoms with Gasteiger partial charge in [0.15, 0.2) is 0 Å². The van der Waals surface area contributed by atoms with E-state index < -0.39 is 10.0 Å². The Morgan fingerprint density at radius 2 is 2.10 bits per heavy atom. The molecule has 0 spiro atoms. The Morgan fingerprint density at radius 3 is 2.90 bits per heavy atom. The van der Waals surface area contributed by atoms with E-state index in [1.807, 2.05) is 12.1 Å². The number of nitrogens with zero attached hydrogens (tertiary/aromatic N) is 1. The molecule has 2 heterocycles. The molecule has 1 aliphatic heterocycles.